The van der Waals surface area contributed by atoms with Crippen molar-refractivity contribution in [2.24, 2.45) is 0 Å². The summed E-state index contributed by atoms with van der Waals surface area (Å²) in [5.41, 5.74) is 4.43. The van der Waals surface area contributed by atoms with E-state index in [-0.39, 0.29) is 5.75 Å². The maximum Gasteiger partial charge on any atom is 0.573 e. The van der Waals surface area contributed by atoms with E-state index in [1.165, 1.54) is 12.1 Å². The average Bonchev–Trinajstić information content (AvgIpc) is 3.63. The molecule has 0 saturated heterocycles. The average molecular weight is 456 g/mol. The Kier molecular flexibility index (Phi) is 8.15. The van der Waals surface area contributed by atoms with Crippen LogP contribution in [0, 0.1) is 0 Å². The number of pyridine rings is 1. The van der Waals surface area contributed by atoms with Gasteiger partial charge in [0.1, 0.15) is 11.5 Å². The topological polar surface area (TPSA) is 31.4 Å². The monoisotopic (exact) mass is 455 g/mol. The third-order valence-corrected chi connectivity index (χ3v) is 5.16. The first-order valence-corrected chi connectivity index (χ1v) is 11.0. The lowest BCUT2D eigenvalue weighted by molar-refractivity contribution is -0.274. The van der Waals surface area contributed by atoms with Crippen molar-refractivity contribution in [1.29, 1.82) is 0 Å². The van der Waals surface area contributed by atoms with Crippen molar-refractivity contribution in [2.45, 2.75) is 44.9 Å². The number of unbranched alkanes of at least 4 members (excludes halogenated alkanes) is 1. The van der Waals surface area contributed by atoms with Gasteiger partial charge in [-0.1, -0.05) is 56.4 Å². The zero-order valence-electron chi connectivity index (χ0n) is 18.9. The number of alkyl halides is 3. The van der Waals surface area contributed by atoms with E-state index in [1.54, 1.807) is 25.3 Å². The lowest BCUT2D eigenvalue weighted by Crippen LogP contribution is -2.16. The Morgan fingerprint density at radius 1 is 1.15 bits per heavy atom. The predicted octanol–water partition coefficient (Wildman–Crippen LogP) is 7.88. The minimum Gasteiger partial charge on any atom is -0.495 e. The first-order valence-electron chi connectivity index (χ1n) is 11.0. The molecule has 1 saturated carbocycles. The second-order valence-electron chi connectivity index (χ2n) is 7.81. The summed E-state index contributed by atoms with van der Waals surface area (Å²) in [6.07, 6.45) is 9.13. The third kappa shape index (κ3) is 7.38. The number of rotatable bonds is 10. The van der Waals surface area contributed by atoms with Crippen molar-refractivity contribution in [3.63, 3.8) is 0 Å². The number of methoxy groups -OCH3 is 1. The molecule has 2 aromatic rings. The van der Waals surface area contributed by atoms with Crippen LogP contribution in [0.25, 0.3) is 11.6 Å². The van der Waals surface area contributed by atoms with Crippen LogP contribution in [0.5, 0.6) is 11.5 Å². The number of halogens is 3. The molecule has 1 aromatic carbocycles. The van der Waals surface area contributed by atoms with Crippen LogP contribution in [0.15, 0.2) is 72.9 Å². The number of hydrogen-bond donors (Lipinski definition) is 0. The highest BCUT2D eigenvalue weighted by atomic mass is 19.4. The van der Waals surface area contributed by atoms with E-state index in [4.69, 9.17) is 9.72 Å². The van der Waals surface area contributed by atoms with Gasteiger partial charge in [0.2, 0.25) is 0 Å². The van der Waals surface area contributed by atoms with Crippen molar-refractivity contribution < 1.29 is 22.6 Å². The molecule has 0 aliphatic heterocycles. The SMILES string of the molecule is C=C\C(=C/C(/C=C\c1ccc(OC(F)(F)F)cc1)=C\CCC)c1ccc(OC)c(C2CC2)n1. The summed E-state index contributed by atoms with van der Waals surface area (Å²) in [5.74, 6) is 1.02. The molecule has 1 aliphatic rings. The van der Waals surface area contributed by atoms with Crippen LogP contribution in [-0.4, -0.2) is 18.5 Å². The van der Waals surface area contributed by atoms with Crippen molar-refractivity contribution in [2.75, 3.05) is 7.11 Å². The van der Waals surface area contributed by atoms with Crippen LogP contribution in [0.3, 0.4) is 0 Å². The van der Waals surface area contributed by atoms with Crippen molar-refractivity contribution >= 4 is 11.6 Å². The minimum absolute atomic E-state index is 0.243. The van der Waals surface area contributed by atoms with Gasteiger partial charge in [-0.05, 0) is 60.7 Å². The zero-order valence-corrected chi connectivity index (χ0v) is 18.9. The normalized spacial score (nSPS) is 15.1. The predicted molar refractivity (Wildman–Crippen MR) is 126 cm³/mol. The van der Waals surface area contributed by atoms with Gasteiger partial charge >= 0.3 is 6.36 Å². The van der Waals surface area contributed by atoms with Crippen LogP contribution in [0.2, 0.25) is 0 Å². The van der Waals surface area contributed by atoms with Crippen LogP contribution < -0.4 is 9.47 Å². The lowest BCUT2D eigenvalue weighted by atomic mass is 10.0. The smallest absolute Gasteiger partial charge is 0.495 e. The van der Waals surface area contributed by atoms with E-state index < -0.39 is 6.36 Å². The van der Waals surface area contributed by atoms with E-state index in [2.05, 4.69) is 24.3 Å². The highest BCUT2D eigenvalue weighted by Gasteiger charge is 2.31. The maximum absolute atomic E-state index is 12.4. The van der Waals surface area contributed by atoms with E-state index in [9.17, 15) is 13.2 Å². The van der Waals surface area contributed by atoms with Gasteiger partial charge in [-0.15, -0.1) is 13.2 Å². The van der Waals surface area contributed by atoms with Crippen molar-refractivity contribution in [3.05, 3.63) is 89.8 Å². The quantitative estimate of drug-likeness (QED) is 0.342. The molecule has 1 fully saturated rings. The Morgan fingerprint density at radius 2 is 1.88 bits per heavy atom. The molecule has 33 heavy (non-hydrogen) atoms. The summed E-state index contributed by atoms with van der Waals surface area (Å²) < 4.78 is 46.5. The largest absolute Gasteiger partial charge is 0.573 e. The number of allylic oxidation sites excluding steroid dienone is 6. The van der Waals surface area contributed by atoms with Gasteiger partial charge in [0, 0.05) is 11.5 Å². The van der Waals surface area contributed by atoms with Crippen LogP contribution in [0.4, 0.5) is 13.2 Å². The van der Waals surface area contributed by atoms with Gasteiger partial charge in [-0.3, -0.25) is 0 Å². The molecular formula is C27H28F3NO2. The highest BCUT2D eigenvalue weighted by molar-refractivity contribution is 5.75. The van der Waals surface area contributed by atoms with Crippen molar-refractivity contribution in [3.8, 4) is 11.5 Å². The molecule has 0 amide bonds. The number of ether oxygens (including phenoxy) is 2. The molecule has 6 heteroatoms. The molecule has 0 unspecified atom stereocenters. The molecule has 0 bridgehead atoms. The van der Waals surface area contributed by atoms with Gasteiger partial charge in [0.05, 0.1) is 18.5 Å². The van der Waals surface area contributed by atoms with Gasteiger partial charge in [-0.2, -0.15) is 0 Å². The molecule has 1 heterocycles. The fourth-order valence-electron chi connectivity index (χ4n) is 3.32. The van der Waals surface area contributed by atoms with Crippen LogP contribution >= 0.6 is 0 Å². The van der Waals surface area contributed by atoms with E-state index >= 15 is 0 Å². The highest BCUT2D eigenvalue weighted by Crippen LogP contribution is 2.43. The van der Waals surface area contributed by atoms with Gasteiger partial charge < -0.3 is 9.47 Å². The Hall–Kier alpha value is -3.28. The summed E-state index contributed by atoms with van der Waals surface area (Å²) in [6, 6.07) is 9.64. The van der Waals surface area contributed by atoms with E-state index in [1.807, 2.05) is 30.4 Å². The minimum atomic E-state index is -4.70. The molecule has 3 nitrogen and oxygen atoms in total. The standard InChI is InChI=1S/C27H28F3NO2/c1-4-6-7-20(9-8-19-10-14-23(15-11-19)33-27(28,29)30)18-21(5-2)24-16-17-25(32-3)26(31-24)22-12-13-22/h5,7-11,14-18,22H,2,4,6,12-13H2,1,3H3/b9-8-,20-7-,21-18+. The summed E-state index contributed by atoms with van der Waals surface area (Å²) >= 11 is 0. The molecule has 0 N–H and O–H groups in total. The molecule has 1 aromatic heterocycles. The number of benzene rings is 1. The second-order valence-corrected chi connectivity index (χ2v) is 7.81. The molecule has 0 spiro atoms. The van der Waals surface area contributed by atoms with E-state index in [0.717, 1.165) is 59.5 Å². The van der Waals surface area contributed by atoms with Crippen molar-refractivity contribution in [1.82, 2.24) is 4.98 Å². The summed E-state index contributed by atoms with van der Waals surface area (Å²) in [4.78, 5) is 4.85. The summed E-state index contributed by atoms with van der Waals surface area (Å²) in [7, 11) is 1.66. The fraction of sp³-hybridized carbons (Fsp3) is 0.296. The zero-order chi connectivity index (χ0) is 23.8. The Bertz CT molecular complexity index is 1050. The van der Waals surface area contributed by atoms with E-state index in [0.29, 0.717) is 5.92 Å². The van der Waals surface area contributed by atoms with Gasteiger partial charge in [-0.25, -0.2) is 4.98 Å². The molecule has 0 radical (unpaired) electrons. The third-order valence-electron chi connectivity index (χ3n) is 5.16. The molecular weight excluding hydrogens is 427 g/mol. The Balaban J connectivity index is 1.84. The molecule has 1 aliphatic carbocycles. The lowest BCUT2D eigenvalue weighted by Gasteiger charge is -2.10. The second kappa shape index (κ2) is 11.0. The summed E-state index contributed by atoms with van der Waals surface area (Å²) in [6.45, 7) is 6.06. The van der Waals surface area contributed by atoms with Crippen LogP contribution in [-0.2, 0) is 0 Å². The molecule has 0 atom stereocenters. The number of aromatic nitrogens is 1. The Morgan fingerprint density at radius 3 is 2.45 bits per heavy atom. The number of hydrogen-bond acceptors (Lipinski definition) is 3. The van der Waals surface area contributed by atoms with Gasteiger partial charge in [0.15, 0.2) is 0 Å². The fourth-order valence-corrected chi connectivity index (χ4v) is 3.32. The summed E-state index contributed by atoms with van der Waals surface area (Å²) in [5, 5.41) is 0. The first-order chi connectivity index (χ1) is 15.8. The Labute approximate surface area is 193 Å². The maximum atomic E-state index is 12.4. The van der Waals surface area contributed by atoms with Gasteiger partial charge in [0.25, 0.3) is 0 Å². The molecule has 174 valence electrons. The number of nitrogens with zero attached hydrogens (tertiary/aromatic N) is 1. The molecule has 3 rings (SSSR count). The first kappa shape index (κ1) is 24.4. The van der Waals surface area contributed by atoms with Crippen LogP contribution in [0.1, 0.15) is 55.5 Å².